The van der Waals surface area contributed by atoms with Gasteiger partial charge in [0.25, 0.3) is 0 Å². The molecule has 3 N–H and O–H groups in total. The van der Waals surface area contributed by atoms with E-state index in [4.69, 9.17) is 10.5 Å². The molecular formula is C23H32ClNO2. The predicted molar refractivity (Wildman–Crippen MR) is 113 cm³/mol. The zero-order valence-corrected chi connectivity index (χ0v) is 17.2. The van der Waals surface area contributed by atoms with Gasteiger partial charge in [0.1, 0.15) is 12.4 Å². The molecule has 2 aromatic rings. The van der Waals surface area contributed by atoms with Gasteiger partial charge in [0, 0.05) is 0 Å². The number of rotatable bonds is 6. The first-order valence-corrected chi connectivity index (χ1v) is 9.78. The maximum Gasteiger partial charge on any atom is 0.125 e. The molecule has 2 aromatic carbocycles. The Kier molecular flexibility index (Phi) is 8.15. The number of hydrogen-bond donors (Lipinski definition) is 2. The molecule has 3 rings (SSSR count). The molecular weight excluding hydrogens is 358 g/mol. The molecule has 27 heavy (non-hydrogen) atoms. The second-order valence-corrected chi connectivity index (χ2v) is 7.67. The van der Waals surface area contributed by atoms with Gasteiger partial charge in [0.05, 0.1) is 12.1 Å². The minimum atomic E-state index is -0.467. The molecule has 2 atom stereocenters. The van der Waals surface area contributed by atoms with E-state index < -0.39 is 6.10 Å². The fourth-order valence-electron chi connectivity index (χ4n) is 4.10. The topological polar surface area (TPSA) is 55.5 Å². The van der Waals surface area contributed by atoms with Crippen molar-refractivity contribution in [2.45, 2.75) is 64.7 Å². The van der Waals surface area contributed by atoms with E-state index in [2.05, 4.69) is 38.1 Å². The Bertz CT molecular complexity index is 691. The Labute approximate surface area is 169 Å². The molecule has 1 saturated carbocycles. The van der Waals surface area contributed by atoms with Gasteiger partial charge in [-0.3, -0.25) is 0 Å². The van der Waals surface area contributed by atoms with Crippen LogP contribution in [0.25, 0.3) is 0 Å². The van der Waals surface area contributed by atoms with Gasteiger partial charge in [-0.25, -0.2) is 0 Å². The predicted octanol–water partition coefficient (Wildman–Crippen LogP) is 5.25. The summed E-state index contributed by atoms with van der Waals surface area (Å²) in [5.74, 6) is 1.24. The second kappa shape index (κ2) is 10.1. The summed E-state index contributed by atoms with van der Waals surface area (Å²) < 4.78 is 6.06. The number of aliphatic hydroxyl groups excluding tert-OH is 1. The maximum absolute atomic E-state index is 10.7. The van der Waals surface area contributed by atoms with Gasteiger partial charge in [-0.15, -0.1) is 12.4 Å². The van der Waals surface area contributed by atoms with Crippen LogP contribution in [0.2, 0.25) is 0 Å². The summed E-state index contributed by atoms with van der Waals surface area (Å²) in [7, 11) is 0. The molecule has 3 nitrogen and oxygen atoms in total. The fourth-order valence-corrected chi connectivity index (χ4v) is 4.10. The van der Waals surface area contributed by atoms with Crippen LogP contribution in [0.4, 0.5) is 0 Å². The number of halogens is 1. The Balaban J connectivity index is 0.00000261. The average molecular weight is 390 g/mol. The van der Waals surface area contributed by atoms with Crippen LogP contribution in [0.5, 0.6) is 5.75 Å². The first-order valence-electron chi connectivity index (χ1n) is 9.78. The zero-order chi connectivity index (χ0) is 18.5. The van der Waals surface area contributed by atoms with Crippen molar-refractivity contribution in [2.24, 2.45) is 11.7 Å². The van der Waals surface area contributed by atoms with Crippen LogP contribution in [0.3, 0.4) is 0 Å². The Morgan fingerprint density at radius 1 is 1.04 bits per heavy atom. The fraction of sp³-hybridized carbons (Fsp3) is 0.478. The molecule has 148 valence electrons. The molecule has 0 heterocycles. The first-order chi connectivity index (χ1) is 12.6. The largest absolute Gasteiger partial charge is 0.488 e. The van der Waals surface area contributed by atoms with E-state index in [-0.39, 0.29) is 18.4 Å². The highest BCUT2D eigenvalue weighted by atomic mass is 35.5. The van der Waals surface area contributed by atoms with Crippen molar-refractivity contribution >= 4 is 12.4 Å². The third-order valence-electron chi connectivity index (χ3n) is 5.59. The average Bonchev–Trinajstić information content (AvgIpc) is 2.67. The molecule has 0 saturated heterocycles. The summed E-state index contributed by atoms with van der Waals surface area (Å²) in [4.78, 5) is 0. The lowest BCUT2D eigenvalue weighted by Gasteiger charge is -2.31. The highest BCUT2D eigenvalue weighted by Gasteiger charge is 2.28. The molecule has 1 aliphatic carbocycles. The SMILES string of the molecule is Cc1cc([C@@H](N)[C@@H](O)C2CCCCC2)cc(C)c1OCc1ccccc1.Cl. The van der Waals surface area contributed by atoms with Crippen molar-refractivity contribution in [1.82, 2.24) is 0 Å². The van der Waals surface area contributed by atoms with E-state index >= 15 is 0 Å². The van der Waals surface area contributed by atoms with E-state index in [1.165, 1.54) is 19.3 Å². The summed E-state index contributed by atoms with van der Waals surface area (Å²) in [6.45, 7) is 4.66. The van der Waals surface area contributed by atoms with Crippen LogP contribution in [0, 0.1) is 19.8 Å². The van der Waals surface area contributed by atoms with Gasteiger partial charge >= 0.3 is 0 Å². The number of aryl methyl sites for hydroxylation is 2. The van der Waals surface area contributed by atoms with Crippen molar-refractivity contribution in [2.75, 3.05) is 0 Å². The van der Waals surface area contributed by atoms with Crippen molar-refractivity contribution in [3.8, 4) is 5.75 Å². The number of aliphatic hydroxyl groups is 1. The van der Waals surface area contributed by atoms with E-state index in [0.29, 0.717) is 12.5 Å². The standard InChI is InChI=1S/C23H31NO2.ClH/c1-16-13-20(21(24)22(25)19-11-7-4-8-12-19)14-17(2)23(16)26-15-18-9-5-3-6-10-18;/h3,5-6,9-10,13-14,19,21-22,25H,4,7-8,11-12,15,24H2,1-2H3;1H/t21-,22+;/m1./s1. The first kappa shape index (κ1) is 21.7. The van der Waals surface area contributed by atoms with Crippen molar-refractivity contribution in [3.05, 3.63) is 64.7 Å². The third-order valence-corrected chi connectivity index (χ3v) is 5.59. The molecule has 0 unspecified atom stereocenters. The third kappa shape index (κ3) is 5.47. The molecule has 4 heteroatoms. The highest BCUT2D eigenvalue weighted by molar-refractivity contribution is 5.85. The van der Waals surface area contributed by atoms with Crippen LogP contribution in [-0.2, 0) is 6.61 Å². The highest BCUT2D eigenvalue weighted by Crippen LogP contribution is 2.34. The minimum absolute atomic E-state index is 0. The van der Waals surface area contributed by atoms with Crippen LogP contribution in [0.1, 0.15) is 60.4 Å². The van der Waals surface area contributed by atoms with Crippen molar-refractivity contribution in [3.63, 3.8) is 0 Å². The molecule has 0 amide bonds. The monoisotopic (exact) mass is 389 g/mol. The smallest absolute Gasteiger partial charge is 0.125 e. The van der Waals surface area contributed by atoms with Crippen LogP contribution in [0.15, 0.2) is 42.5 Å². The Morgan fingerprint density at radius 3 is 2.22 bits per heavy atom. The van der Waals surface area contributed by atoms with Crippen LogP contribution >= 0.6 is 12.4 Å². The normalized spacial score (nSPS) is 17.0. The molecule has 1 aliphatic rings. The number of nitrogens with two attached hydrogens (primary N) is 1. The number of benzene rings is 2. The number of hydrogen-bond acceptors (Lipinski definition) is 3. The lowest BCUT2D eigenvalue weighted by molar-refractivity contribution is 0.0617. The van der Waals surface area contributed by atoms with Gasteiger partial charge in [-0.1, -0.05) is 61.7 Å². The molecule has 0 radical (unpaired) electrons. The molecule has 0 bridgehead atoms. The zero-order valence-electron chi connectivity index (χ0n) is 16.4. The van der Waals surface area contributed by atoms with Crippen LogP contribution in [-0.4, -0.2) is 11.2 Å². The summed E-state index contributed by atoms with van der Waals surface area (Å²) in [6, 6.07) is 14.0. The van der Waals surface area contributed by atoms with Crippen molar-refractivity contribution in [1.29, 1.82) is 0 Å². The van der Waals surface area contributed by atoms with E-state index in [0.717, 1.165) is 40.8 Å². The quantitative estimate of drug-likeness (QED) is 0.709. The molecule has 0 spiro atoms. The summed E-state index contributed by atoms with van der Waals surface area (Å²) in [5.41, 5.74) is 10.7. The second-order valence-electron chi connectivity index (χ2n) is 7.67. The maximum atomic E-state index is 10.7. The van der Waals surface area contributed by atoms with Gasteiger partial charge in [-0.2, -0.15) is 0 Å². The van der Waals surface area contributed by atoms with Crippen LogP contribution < -0.4 is 10.5 Å². The lowest BCUT2D eigenvalue weighted by Crippen LogP contribution is -2.34. The van der Waals surface area contributed by atoms with Gasteiger partial charge in [0.2, 0.25) is 0 Å². The van der Waals surface area contributed by atoms with E-state index in [1.807, 2.05) is 18.2 Å². The number of ether oxygens (including phenoxy) is 1. The van der Waals surface area contributed by atoms with Crippen molar-refractivity contribution < 1.29 is 9.84 Å². The summed E-state index contributed by atoms with van der Waals surface area (Å²) in [5, 5.41) is 10.7. The van der Waals surface area contributed by atoms with E-state index in [9.17, 15) is 5.11 Å². The minimum Gasteiger partial charge on any atom is -0.488 e. The molecule has 1 fully saturated rings. The van der Waals surface area contributed by atoms with Gasteiger partial charge < -0.3 is 15.6 Å². The lowest BCUT2D eigenvalue weighted by atomic mass is 9.81. The Morgan fingerprint density at radius 2 is 1.63 bits per heavy atom. The summed E-state index contributed by atoms with van der Waals surface area (Å²) in [6.07, 6.45) is 5.41. The van der Waals surface area contributed by atoms with Gasteiger partial charge in [-0.05, 0) is 54.9 Å². The molecule has 0 aromatic heterocycles. The van der Waals surface area contributed by atoms with E-state index in [1.54, 1.807) is 0 Å². The van der Waals surface area contributed by atoms with Gasteiger partial charge in [0.15, 0.2) is 0 Å². The molecule has 0 aliphatic heterocycles. The summed E-state index contributed by atoms with van der Waals surface area (Å²) >= 11 is 0. The Hall–Kier alpha value is -1.55.